The summed E-state index contributed by atoms with van der Waals surface area (Å²) in [5.41, 5.74) is 5.11. The monoisotopic (exact) mass is 374 g/mol. The number of nitrogens with one attached hydrogen (secondary N) is 1. The maximum Gasteiger partial charge on any atom is 0.338 e. The second-order valence-corrected chi connectivity index (χ2v) is 6.53. The lowest BCUT2D eigenvalue weighted by molar-refractivity contribution is 0.0535. The SMILES string of the molecule is Cc1c(CCNCc2ccc(-n3cnc(C#N)n3)nc2)ccc2c1COC2=O. The molecule has 0 saturated carbocycles. The molecular weight excluding hydrogens is 356 g/mol. The van der Waals surface area contributed by atoms with Crippen LogP contribution in [0.4, 0.5) is 0 Å². The van der Waals surface area contributed by atoms with E-state index in [4.69, 9.17) is 10.00 Å². The Kier molecular flexibility index (Phi) is 4.83. The summed E-state index contributed by atoms with van der Waals surface area (Å²) in [5.74, 6) is 0.502. The molecule has 3 heterocycles. The highest BCUT2D eigenvalue weighted by Crippen LogP contribution is 2.25. The zero-order valence-electron chi connectivity index (χ0n) is 15.3. The molecule has 2 aromatic heterocycles. The highest BCUT2D eigenvalue weighted by Gasteiger charge is 2.23. The quantitative estimate of drug-likeness (QED) is 0.518. The Balaban J connectivity index is 1.31. The van der Waals surface area contributed by atoms with Crippen LogP contribution in [0.5, 0.6) is 0 Å². The molecule has 8 nitrogen and oxygen atoms in total. The van der Waals surface area contributed by atoms with Crippen molar-refractivity contribution >= 4 is 5.97 Å². The van der Waals surface area contributed by atoms with Crippen LogP contribution in [0.15, 0.2) is 36.8 Å². The number of nitrogens with zero attached hydrogens (tertiary/aromatic N) is 5. The van der Waals surface area contributed by atoms with Crippen molar-refractivity contribution in [2.75, 3.05) is 6.54 Å². The molecule has 1 aliphatic rings. The third kappa shape index (κ3) is 3.48. The van der Waals surface area contributed by atoms with Crippen molar-refractivity contribution in [3.63, 3.8) is 0 Å². The van der Waals surface area contributed by atoms with Crippen molar-refractivity contribution in [1.29, 1.82) is 5.26 Å². The molecule has 1 aromatic carbocycles. The molecule has 0 aliphatic carbocycles. The molecule has 0 bridgehead atoms. The standard InChI is InChI=1S/C20H18N6O2/c1-13-15(3-4-16-17(13)11-28-20(16)27)6-7-22-9-14-2-5-19(23-10-14)26-12-24-18(8-21)25-26/h2-5,10,12,22H,6-7,9,11H2,1H3. The van der Waals surface area contributed by atoms with Crippen LogP contribution in [-0.4, -0.2) is 32.3 Å². The van der Waals surface area contributed by atoms with Gasteiger partial charge < -0.3 is 10.1 Å². The van der Waals surface area contributed by atoms with Gasteiger partial charge in [0.2, 0.25) is 0 Å². The van der Waals surface area contributed by atoms with Gasteiger partial charge in [0.25, 0.3) is 5.82 Å². The maximum atomic E-state index is 11.6. The number of aromatic nitrogens is 4. The molecule has 0 fully saturated rings. The largest absolute Gasteiger partial charge is 0.457 e. The van der Waals surface area contributed by atoms with Gasteiger partial charge >= 0.3 is 5.97 Å². The van der Waals surface area contributed by atoms with E-state index < -0.39 is 0 Å². The van der Waals surface area contributed by atoms with Crippen molar-refractivity contribution in [3.8, 4) is 11.9 Å². The Morgan fingerprint density at radius 1 is 1.29 bits per heavy atom. The number of esters is 1. The number of pyridine rings is 1. The summed E-state index contributed by atoms with van der Waals surface area (Å²) in [6.07, 6.45) is 4.12. The molecule has 3 aromatic rings. The first kappa shape index (κ1) is 17.8. The number of carbonyl (C=O) groups excluding carboxylic acids is 1. The first-order valence-corrected chi connectivity index (χ1v) is 8.92. The second-order valence-electron chi connectivity index (χ2n) is 6.53. The van der Waals surface area contributed by atoms with Crippen LogP contribution < -0.4 is 5.32 Å². The molecule has 4 rings (SSSR count). The van der Waals surface area contributed by atoms with Crippen LogP contribution in [-0.2, 0) is 24.3 Å². The third-order valence-corrected chi connectivity index (χ3v) is 4.81. The number of rotatable bonds is 6. The smallest absolute Gasteiger partial charge is 0.338 e. The van der Waals surface area contributed by atoms with E-state index in [1.165, 1.54) is 16.6 Å². The first-order chi connectivity index (χ1) is 13.7. The minimum atomic E-state index is -0.228. The van der Waals surface area contributed by atoms with E-state index in [0.29, 0.717) is 24.5 Å². The molecule has 0 saturated heterocycles. The number of ether oxygens (including phenoxy) is 1. The van der Waals surface area contributed by atoms with Gasteiger partial charge in [-0.25, -0.2) is 19.4 Å². The van der Waals surface area contributed by atoms with Crippen molar-refractivity contribution in [2.45, 2.75) is 26.5 Å². The Labute approximate surface area is 161 Å². The molecule has 0 radical (unpaired) electrons. The second kappa shape index (κ2) is 7.58. The number of benzene rings is 1. The number of cyclic esters (lactones) is 1. The van der Waals surface area contributed by atoms with Crippen molar-refractivity contribution in [3.05, 3.63) is 70.4 Å². The van der Waals surface area contributed by atoms with Gasteiger partial charge in [0, 0.05) is 18.3 Å². The average Bonchev–Trinajstić information content (AvgIpc) is 3.35. The van der Waals surface area contributed by atoms with E-state index in [-0.39, 0.29) is 11.8 Å². The zero-order valence-corrected chi connectivity index (χ0v) is 15.3. The maximum absolute atomic E-state index is 11.6. The topological polar surface area (TPSA) is 106 Å². The number of nitriles is 1. The Morgan fingerprint density at radius 3 is 2.93 bits per heavy atom. The van der Waals surface area contributed by atoms with Crippen molar-refractivity contribution in [1.82, 2.24) is 25.1 Å². The number of hydrogen-bond acceptors (Lipinski definition) is 7. The van der Waals surface area contributed by atoms with Gasteiger partial charge in [0.05, 0.1) is 5.56 Å². The van der Waals surface area contributed by atoms with E-state index in [1.54, 1.807) is 6.20 Å². The van der Waals surface area contributed by atoms with E-state index in [0.717, 1.165) is 29.7 Å². The van der Waals surface area contributed by atoms with Gasteiger partial charge in [-0.2, -0.15) is 5.26 Å². The lowest BCUT2D eigenvalue weighted by Crippen LogP contribution is -2.17. The molecule has 1 N–H and O–H groups in total. The third-order valence-electron chi connectivity index (χ3n) is 4.81. The van der Waals surface area contributed by atoms with Crippen LogP contribution in [0.25, 0.3) is 5.82 Å². The number of fused-ring (bicyclic) bond motifs is 1. The summed E-state index contributed by atoms with van der Waals surface area (Å²) in [6, 6.07) is 9.56. The fraction of sp³-hybridized carbons (Fsp3) is 0.250. The molecule has 0 amide bonds. The van der Waals surface area contributed by atoms with Crippen LogP contribution in [0, 0.1) is 18.3 Å². The number of hydrogen-bond donors (Lipinski definition) is 1. The molecular formula is C20H18N6O2. The fourth-order valence-electron chi connectivity index (χ4n) is 3.21. The molecule has 8 heteroatoms. The summed E-state index contributed by atoms with van der Waals surface area (Å²) >= 11 is 0. The van der Waals surface area contributed by atoms with Gasteiger partial charge in [-0.15, -0.1) is 5.10 Å². The van der Waals surface area contributed by atoms with E-state index in [9.17, 15) is 4.79 Å². The Morgan fingerprint density at radius 2 is 2.18 bits per heavy atom. The van der Waals surface area contributed by atoms with Crippen LogP contribution in [0.3, 0.4) is 0 Å². The van der Waals surface area contributed by atoms with E-state index in [1.807, 2.05) is 37.3 Å². The predicted octanol–water partition coefficient (Wildman–Crippen LogP) is 1.85. The summed E-state index contributed by atoms with van der Waals surface area (Å²) in [6.45, 7) is 3.92. The van der Waals surface area contributed by atoms with Gasteiger partial charge in [0.1, 0.15) is 19.0 Å². The Bertz CT molecular complexity index is 1070. The fourth-order valence-corrected chi connectivity index (χ4v) is 3.21. The summed E-state index contributed by atoms with van der Waals surface area (Å²) in [4.78, 5) is 19.8. The highest BCUT2D eigenvalue weighted by molar-refractivity contribution is 5.93. The highest BCUT2D eigenvalue weighted by atomic mass is 16.5. The molecule has 28 heavy (non-hydrogen) atoms. The van der Waals surface area contributed by atoms with Crippen molar-refractivity contribution in [2.24, 2.45) is 0 Å². The van der Waals surface area contributed by atoms with Crippen LogP contribution in [0.2, 0.25) is 0 Å². The minimum absolute atomic E-state index is 0.116. The van der Waals surface area contributed by atoms with Crippen LogP contribution in [0.1, 0.15) is 38.4 Å². The number of carbonyl (C=O) groups is 1. The van der Waals surface area contributed by atoms with Gasteiger partial charge in [-0.1, -0.05) is 12.1 Å². The van der Waals surface area contributed by atoms with Crippen molar-refractivity contribution < 1.29 is 9.53 Å². The molecule has 140 valence electrons. The van der Waals surface area contributed by atoms with Gasteiger partial charge in [-0.05, 0) is 48.7 Å². The summed E-state index contributed by atoms with van der Waals surface area (Å²) < 4.78 is 6.58. The minimum Gasteiger partial charge on any atom is -0.457 e. The summed E-state index contributed by atoms with van der Waals surface area (Å²) in [7, 11) is 0. The van der Waals surface area contributed by atoms with E-state index >= 15 is 0 Å². The molecule has 0 unspecified atom stereocenters. The molecule has 0 atom stereocenters. The van der Waals surface area contributed by atoms with E-state index in [2.05, 4.69) is 20.4 Å². The van der Waals surface area contributed by atoms with Gasteiger partial charge in [-0.3, -0.25) is 0 Å². The predicted molar refractivity (Wildman–Crippen MR) is 99.6 cm³/mol. The lowest BCUT2D eigenvalue weighted by atomic mass is 9.97. The summed E-state index contributed by atoms with van der Waals surface area (Å²) in [5, 5.41) is 16.2. The first-order valence-electron chi connectivity index (χ1n) is 8.92. The molecule has 0 spiro atoms. The Hall–Kier alpha value is -3.57. The van der Waals surface area contributed by atoms with Gasteiger partial charge in [0.15, 0.2) is 5.82 Å². The van der Waals surface area contributed by atoms with Crippen LogP contribution >= 0.6 is 0 Å². The average molecular weight is 374 g/mol. The molecule has 1 aliphatic heterocycles. The lowest BCUT2D eigenvalue weighted by Gasteiger charge is -2.10. The normalized spacial score (nSPS) is 12.5. The zero-order chi connectivity index (χ0) is 19.5.